The molecule has 4 N–H and O–H groups in total. The topological polar surface area (TPSA) is 153 Å². The predicted octanol–water partition coefficient (Wildman–Crippen LogP) is -0.600. The van der Waals surface area contributed by atoms with Crippen molar-refractivity contribution in [2.75, 3.05) is 20.3 Å². The highest BCUT2D eigenvalue weighted by atomic mass is 16.8. The van der Waals surface area contributed by atoms with Gasteiger partial charge in [0.2, 0.25) is 6.29 Å². The number of carbonyl (C=O) groups is 1. The number of hydrogen-bond acceptors (Lipinski definition) is 11. The SMILES string of the molecule is CCCCOC1CC2C(C(=O)OC)=CO[C@@H](O[C@@H]3O[C@H](CO)[C@@H](O)[C@H](O)[C@H]3O)C2[C@H](C)O1. The smallest absolute Gasteiger partial charge is 0.337 e. The molecule has 0 amide bonds. The Hall–Kier alpha value is -1.31. The van der Waals surface area contributed by atoms with Gasteiger partial charge in [-0.1, -0.05) is 13.3 Å². The van der Waals surface area contributed by atoms with Gasteiger partial charge in [0.05, 0.1) is 37.6 Å². The number of esters is 1. The molecular weight excluding hydrogens is 428 g/mol. The summed E-state index contributed by atoms with van der Waals surface area (Å²) < 4.78 is 33.7. The summed E-state index contributed by atoms with van der Waals surface area (Å²) in [5, 5.41) is 39.7. The van der Waals surface area contributed by atoms with Gasteiger partial charge in [-0.05, 0) is 13.3 Å². The van der Waals surface area contributed by atoms with Crippen molar-refractivity contribution in [1.29, 1.82) is 0 Å². The summed E-state index contributed by atoms with van der Waals surface area (Å²) in [5.74, 6) is -1.39. The van der Waals surface area contributed by atoms with E-state index < -0.39 is 67.9 Å². The summed E-state index contributed by atoms with van der Waals surface area (Å²) in [6.45, 7) is 3.82. The lowest BCUT2D eigenvalue weighted by molar-refractivity contribution is -0.353. The molecule has 0 bridgehead atoms. The summed E-state index contributed by atoms with van der Waals surface area (Å²) in [6.07, 6.45) is -5.63. The first kappa shape index (κ1) is 25.3. The van der Waals surface area contributed by atoms with Crippen LogP contribution in [0.15, 0.2) is 11.8 Å². The van der Waals surface area contributed by atoms with E-state index >= 15 is 0 Å². The average Bonchev–Trinajstić information content (AvgIpc) is 2.79. The molecule has 0 aromatic rings. The lowest BCUT2D eigenvalue weighted by Gasteiger charge is -2.47. The maximum absolute atomic E-state index is 12.4. The molecule has 2 saturated heterocycles. The van der Waals surface area contributed by atoms with Crippen LogP contribution < -0.4 is 0 Å². The van der Waals surface area contributed by atoms with Crippen molar-refractivity contribution in [3.63, 3.8) is 0 Å². The molecule has 0 spiro atoms. The lowest BCUT2D eigenvalue weighted by atomic mass is 9.77. The molecule has 10 atom stereocenters. The summed E-state index contributed by atoms with van der Waals surface area (Å²) in [6, 6.07) is 0. The molecule has 0 radical (unpaired) electrons. The first-order valence-electron chi connectivity index (χ1n) is 11.0. The van der Waals surface area contributed by atoms with Crippen LogP contribution in [0.3, 0.4) is 0 Å². The molecule has 184 valence electrons. The van der Waals surface area contributed by atoms with Gasteiger partial charge in [-0.25, -0.2) is 4.79 Å². The first-order valence-corrected chi connectivity index (χ1v) is 11.0. The van der Waals surface area contributed by atoms with Crippen molar-refractivity contribution in [2.24, 2.45) is 11.8 Å². The Balaban J connectivity index is 1.78. The number of fused-ring (bicyclic) bond motifs is 1. The minimum absolute atomic E-state index is 0.324. The van der Waals surface area contributed by atoms with Crippen molar-refractivity contribution in [2.45, 2.75) is 82.5 Å². The van der Waals surface area contributed by atoms with Crippen LogP contribution in [0.5, 0.6) is 0 Å². The van der Waals surface area contributed by atoms with Gasteiger partial charge in [0.15, 0.2) is 12.6 Å². The van der Waals surface area contributed by atoms with Gasteiger partial charge in [0, 0.05) is 18.9 Å². The highest BCUT2D eigenvalue weighted by Gasteiger charge is 2.51. The van der Waals surface area contributed by atoms with E-state index in [0.29, 0.717) is 18.6 Å². The van der Waals surface area contributed by atoms with Crippen LogP contribution in [0.4, 0.5) is 0 Å². The quantitative estimate of drug-likeness (QED) is 0.270. The van der Waals surface area contributed by atoms with Crippen molar-refractivity contribution in [1.82, 2.24) is 0 Å². The van der Waals surface area contributed by atoms with Gasteiger partial charge in [-0.15, -0.1) is 0 Å². The Morgan fingerprint density at radius 2 is 1.91 bits per heavy atom. The maximum Gasteiger partial charge on any atom is 0.337 e. The minimum atomic E-state index is -1.58. The fourth-order valence-corrected chi connectivity index (χ4v) is 4.36. The number of unbranched alkanes of at least 4 members (excludes halogenated alkanes) is 1. The van der Waals surface area contributed by atoms with Gasteiger partial charge in [-0.2, -0.15) is 0 Å². The molecule has 11 heteroatoms. The monoisotopic (exact) mass is 462 g/mol. The van der Waals surface area contributed by atoms with E-state index in [-0.39, 0.29) is 5.92 Å². The number of carbonyl (C=O) groups excluding carboxylic acids is 1. The van der Waals surface area contributed by atoms with Crippen LogP contribution in [0.2, 0.25) is 0 Å². The summed E-state index contributed by atoms with van der Waals surface area (Å²) in [4.78, 5) is 12.4. The largest absolute Gasteiger partial charge is 0.471 e. The highest BCUT2D eigenvalue weighted by Crippen LogP contribution is 2.43. The third kappa shape index (κ3) is 5.26. The average molecular weight is 462 g/mol. The number of methoxy groups -OCH3 is 1. The Kier molecular flexibility index (Phi) is 8.87. The third-order valence-corrected chi connectivity index (χ3v) is 6.20. The van der Waals surface area contributed by atoms with E-state index in [4.69, 9.17) is 28.4 Å². The summed E-state index contributed by atoms with van der Waals surface area (Å²) in [5.41, 5.74) is 0.324. The number of aliphatic hydroxyl groups is 4. The Morgan fingerprint density at radius 3 is 2.56 bits per heavy atom. The van der Waals surface area contributed by atoms with Gasteiger partial charge >= 0.3 is 5.97 Å². The maximum atomic E-state index is 12.4. The molecule has 2 fully saturated rings. The van der Waals surface area contributed by atoms with Gasteiger partial charge in [0.25, 0.3) is 0 Å². The van der Waals surface area contributed by atoms with Crippen molar-refractivity contribution in [3.8, 4) is 0 Å². The molecule has 0 saturated carbocycles. The van der Waals surface area contributed by atoms with Crippen LogP contribution in [0.25, 0.3) is 0 Å². The number of hydrogen-bond donors (Lipinski definition) is 4. The normalized spacial score (nSPS) is 41.9. The van der Waals surface area contributed by atoms with Crippen LogP contribution >= 0.6 is 0 Å². The molecule has 11 nitrogen and oxygen atoms in total. The van der Waals surface area contributed by atoms with Crippen molar-refractivity contribution < 1.29 is 53.6 Å². The third-order valence-electron chi connectivity index (χ3n) is 6.20. The van der Waals surface area contributed by atoms with Crippen LogP contribution in [-0.4, -0.2) is 96.1 Å². The van der Waals surface area contributed by atoms with Crippen molar-refractivity contribution >= 4 is 5.97 Å². The predicted molar refractivity (Wildman–Crippen MR) is 107 cm³/mol. The molecule has 0 aromatic carbocycles. The van der Waals surface area contributed by atoms with E-state index in [0.717, 1.165) is 12.8 Å². The molecule has 3 aliphatic rings. The number of ether oxygens (including phenoxy) is 6. The van der Waals surface area contributed by atoms with Crippen molar-refractivity contribution in [3.05, 3.63) is 11.8 Å². The molecule has 0 aromatic heterocycles. The van der Waals surface area contributed by atoms with Crippen LogP contribution in [0, 0.1) is 11.8 Å². The highest BCUT2D eigenvalue weighted by molar-refractivity contribution is 5.88. The summed E-state index contributed by atoms with van der Waals surface area (Å²) in [7, 11) is 1.28. The number of rotatable bonds is 8. The Labute approximate surface area is 186 Å². The van der Waals surface area contributed by atoms with E-state index in [1.807, 2.05) is 0 Å². The summed E-state index contributed by atoms with van der Waals surface area (Å²) >= 11 is 0. The second kappa shape index (κ2) is 11.2. The first-order chi connectivity index (χ1) is 15.3. The zero-order valence-electron chi connectivity index (χ0n) is 18.5. The molecular formula is C21H34O11. The van der Waals surface area contributed by atoms with E-state index in [1.54, 1.807) is 6.92 Å². The fourth-order valence-electron chi connectivity index (χ4n) is 4.36. The molecule has 32 heavy (non-hydrogen) atoms. The molecule has 0 aliphatic carbocycles. The Morgan fingerprint density at radius 1 is 1.16 bits per heavy atom. The van der Waals surface area contributed by atoms with E-state index in [1.165, 1.54) is 13.4 Å². The minimum Gasteiger partial charge on any atom is -0.471 e. The van der Waals surface area contributed by atoms with E-state index in [2.05, 4.69) is 6.92 Å². The Bertz CT molecular complexity index is 654. The standard InChI is InChI=1S/C21H34O11/c1-4-5-6-28-14-7-11-12(19(26)27-3)9-29-20(15(11)10(2)30-14)32-21-18(25)17(24)16(23)13(8-22)31-21/h9-11,13-18,20-25H,4-8H2,1-3H3/t10-,11?,13+,14?,15?,16+,17-,18+,20-,21-/m0/s1. The van der Waals surface area contributed by atoms with Gasteiger partial charge in [0.1, 0.15) is 24.4 Å². The van der Waals surface area contributed by atoms with Crippen LogP contribution in [-0.2, 0) is 33.2 Å². The second-order valence-corrected chi connectivity index (χ2v) is 8.32. The molecule has 3 aliphatic heterocycles. The second-order valence-electron chi connectivity index (χ2n) is 8.32. The fraction of sp³-hybridized carbons (Fsp3) is 0.857. The van der Waals surface area contributed by atoms with E-state index in [9.17, 15) is 25.2 Å². The lowest BCUT2D eigenvalue weighted by Crippen LogP contribution is -2.61. The zero-order chi connectivity index (χ0) is 23.4. The molecule has 3 heterocycles. The molecule has 3 rings (SSSR count). The molecule has 3 unspecified atom stereocenters. The number of aliphatic hydroxyl groups excluding tert-OH is 4. The zero-order valence-corrected chi connectivity index (χ0v) is 18.5. The van der Waals surface area contributed by atoms with Crippen LogP contribution in [0.1, 0.15) is 33.1 Å². The van der Waals surface area contributed by atoms with Gasteiger partial charge in [-0.3, -0.25) is 0 Å². The van der Waals surface area contributed by atoms with Gasteiger partial charge < -0.3 is 48.8 Å².